The van der Waals surface area contributed by atoms with Gasteiger partial charge in [0.15, 0.2) is 0 Å². The molecule has 1 aliphatic rings. The summed E-state index contributed by atoms with van der Waals surface area (Å²) in [6, 6.07) is 0. The van der Waals surface area contributed by atoms with Gasteiger partial charge < -0.3 is 10.4 Å². The Morgan fingerprint density at radius 1 is 1.42 bits per heavy atom. The Balaban J connectivity index is 2.41. The SMILES string of the molecule is CNC(=O)CC1(O)CCCCC1. The number of rotatable bonds is 2. The van der Waals surface area contributed by atoms with E-state index in [1.165, 1.54) is 6.42 Å². The van der Waals surface area contributed by atoms with Crippen LogP contribution >= 0.6 is 0 Å². The van der Waals surface area contributed by atoms with E-state index in [0.29, 0.717) is 0 Å². The molecule has 1 saturated carbocycles. The highest BCUT2D eigenvalue weighted by atomic mass is 16.3. The lowest BCUT2D eigenvalue weighted by Gasteiger charge is -2.31. The van der Waals surface area contributed by atoms with Gasteiger partial charge in [-0.05, 0) is 12.8 Å². The predicted molar refractivity (Wildman–Crippen MR) is 46.7 cm³/mol. The van der Waals surface area contributed by atoms with Crippen molar-refractivity contribution in [2.24, 2.45) is 0 Å². The monoisotopic (exact) mass is 171 g/mol. The summed E-state index contributed by atoms with van der Waals surface area (Å²) in [5.41, 5.74) is -0.710. The topological polar surface area (TPSA) is 49.3 Å². The number of nitrogens with one attached hydrogen (secondary N) is 1. The van der Waals surface area contributed by atoms with Crippen molar-refractivity contribution in [3.8, 4) is 0 Å². The highest BCUT2D eigenvalue weighted by molar-refractivity contribution is 5.76. The van der Waals surface area contributed by atoms with Gasteiger partial charge in [-0.2, -0.15) is 0 Å². The third kappa shape index (κ3) is 2.48. The molecule has 0 spiro atoms. The van der Waals surface area contributed by atoms with Gasteiger partial charge in [0.25, 0.3) is 0 Å². The molecule has 2 N–H and O–H groups in total. The average Bonchev–Trinajstić information content (AvgIpc) is 2.05. The van der Waals surface area contributed by atoms with E-state index in [9.17, 15) is 9.90 Å². The zero-order valence-corrected chi connectivity index (χ0v) is 7.60. The second kappa shape index (κ2) is 3.90. The second-order valence-corrected chi connectivity index (χ2v) is 3.63. The lowest BCUT2D eigenvalue weighted by atomic mass is 9.82. The van der Waals surface area contributed by atoms with E-state index in [1.807, 2.05) is 0 Å². The van der Waals surface area contributed by atoms with Gasteiger partial charge in [-0.1, -0.05) is 19.3 Å². The summed E-state index contributed by atoms with van der Waals surface area (Å²) >= 11 is 0. The Hall–Kier alpha value is -0.570. The fourth-order valence-corrected chi connectivity index (χ4v) is 1.77. The van der Waals surface area contributed by atoms with Gasteiger partial charge in [0.2, 0.25) is 5.91 Å². The van der Waals surface area contributed by atoms with Crippen LogP contribution in [-0.4, -0.2) is 23.7 Å². The van der Waals surface area contributed by atoms with Crippen LogP contribution in [0.3, 0.4) is 0 Å². The van der Waals surface area contributed by atoms with Crippen molar-refractivity contribution in [2.45, 2.75) is 44.1 Å². The van der Waals surface area contributed by atoms with Crippen molar-refractivity contribution >= 4 is 5.91 Å². The Morgan fingerprint density at radius 2 is 2.00 bits per heavy atom. The van der Waals surface area contributed by atoms with E-state index in [1.54, 1.807) is 7.05 Å². The molecule has 0 aliphatic heterocycles. The van der Waals surface area contributed by atoms with E-state index in [0.717, 1.165) is 25.7 Å². The number of amides is 1. The maximum Gasteiger partial charge on any atom is 0.222 e. The molecule has 12 heavy (non-hydrogen) atoms. The Labute approximate surface area is 73.2 Å². The number of carbonyl (C=O) groups is 1. The summed E-state index contributed by atoms with van der Waals surface area (Å²) in [6.45, 7) is 0. The Morgan fingerprint density at radius 3 is 2.50 bits per heavy atom. The second-order valence-electron chi connectivity index (χ2n) is 3.63. The standard InChI is InChI=1S/C9H17NO2/c1-10-8(11)7-9(12)5-3-2-4-6-9/h12H,2-7H2,1H3,(H,10,11). The van der Waals surface area contributed by atoms with Crippen LogP contribution in [0.4, 0.5) is 0 Å². The van der Waals surface area contributed by atoms with Crippen LogP contribution in [0.25, 0.3) is 0 Å². The first kappa shape index (κ1) is 9.52. The van der Waals surface area contributed by atoms with Crippen LogP contribution in [0, 0.1) is 0 Å². The third-order valence-corrected chi connectivity index (χ3v) is 2.55. The minimum Gasteiger partial charge on any atom is -0.389 e. The minimum absolute atomic E-state index is 0.0561. The highest BCUT2D eigenvalue weighted by Gasteiger charge is 2.31. The van der Waals surface area contributed by atoms with Gasteiger partial charge in [-0.25, -0.2) is 0 Å². The lowest BCUT2D eigenvalue weighted by molar-refractivity contribution is -0.126. The van der Waals surface area contributed by atoms with Gasteiger partial charge in [0.1, 0.15) is 0 Å². The summed E-state index contributed by atoms with van der Waals surface area (Å²) in [7, 11) is 1.61. The molecule has 0 bridgehead atoms. The molecule has 70 valence electrons. The number of hydrogen-bond acceptors (Lipinski definition) is 2. The molecule has 0 saturated heterocycles. The molecule has 1 fully saturated rings. The van der Waals surface area contributed by atoms with Gasteiger partial charge >= 0.3 is 0 Å². The summed E-state index contributed by atoms with van der Waals surface area (Å²) < 4.78 is 0. The fourth-order valence-electron chi connectivity index (χ4n) is 1.77. The van der Waals surface area contributed by atoms with Crippen molar-refractivity contribution < 1.29 is 9.90 Å². The molecular formula is C9H17NO2. The first-order valence-corrected chi connectivity index (χ1v) is 4.59. The molecule has 0 atom stereocenters. The van der Waals surface area contributed by atoms with E-state index in [-0.39, 0.29) is 12.3 Å². The number of hydrogen-bond donors (Lipinski definition) is 2. The molecular weight excluding hydrogens is 154 g/mol. The molecule has 0 unspecified atom stereocenters. The molecule has 0 aromatic heterocycles. The number of carbonyl (C=O) groups excluding carboxylic acids is 1. The highest BCUT2D eigenvalue weighted by Crippen LogP contribution is 2.30. The quantitative estimate of drug-likeness (QED) is 0.646. The van der Waals surface area contributed by atoms with Crippen LogP contribution < -0.4 is 5.32 Å². The first-order valence-electron chi connectivity index (χ1n) is 4.59. The van der Waals surface area contributed by atoms with Crippen LogP contribution in [0.5, 0.6) is 0 Å². The smallest absolute Gasteiger partial charge is 0.222 e. The molecule has 1 amide bonds. The maximum absolute atomic E-state index is 11.0. The van der Waals surface area contributed by atoms with E-state index in [2.05, 4.69) is 5.32 Å². The summed E-state index contributed by atoms with van der Waals surface area (Å²) in [5.74, 6) is -0.0561. The molecule has 0 aromatic rings. The van der Waals surface area contributed by atoms with Crippen molar-refractivity contribution in [2.75, 3.05) is 7.05 Å². The summed E-state index contributed by atoms with van der Waals surface area (Å²) in [6.07, 6.45) is 5.11. The van der Waals surface area contributed by atoms with Gasteiger partial charge in [-0.15, -0.1) is 0 Å². The predicted octanol–water partition coefficient (Wildman–Crippen LogP) is 0.818. The van der Waals surface area contributed by atoms with Crippen LogP contribution in [-0.2, 0) is 4.79 Å². The molecule has 0 heterocycles. The van der Waals surface area contributed by atoms with Gasteiger partial charge in [-0.3, -0.25) is 4.79 Å². The third-order valence-electron chi connectivity index (χ3n) is 2.55. The zero-order valence-electron chi connectivity index (χ0n) is 7.60. The van der Waals surface area contributed by atoms with Crippen molar-refractivity contribution in [1.82, 2.24) is 5.32 Å². The van der Waals surface area contributed by atoms with Gasteiger partial charge in [0, 0.05) is 7.05 Å². The van der Waals surface area contributed by atoms with E-state index in [4.69, 9.17) is 0 Å². The minimum atomic E-state index is -0.710. The molecule has 1 aliphatic carbocycles. The molecule has 0 aromatic carbocycles. The van der Waals surface area contributed by atoms with Crippen molar-refractivity contribution in [3.63, 3.8) is 0 Å². The largest absolute Gasteiger partial charge is 0.389 e. The fraction of sp³-hybridized carbons (Fsp3) is 0.889. The average molecular weight is 171 g/mol. The van der Waals surface area contributed by atoms with Crippen molar-refractivity contribution in [3.05, 3.63) is 0 Å². The molecule has 1 rings (SSSR count). The zero-order chi connectivity index (χ0) is 9.03. The molecule has 3 heteroatoms. The van der Waals surface area contributed by atoms with Crippen LogP contribution in [0.2, 0.25) is 0 Å². The van der Waals surface area contributed by atoms with E-state index >= 15 is 0 Å². The number of aliphatic hydroxyl groups is 1. The maximum atomic E-state index is 11.0. The first-order chi connectivity index (χ1) is 5.66. The van der Waals surface area contributed by atoms with Crippen LogP contribution in [0.1, 0.15) is 38.5 Å². The Bertz CT molecular complexity index is 162. The normalized spacial score (nSPS) is 21.8. The Kier molecular flexibility index (Phi) is 3.09. The molecule has 3 nitrogen and oxygen atoms in total. The van der Waals surface area contributed by atoms with Gasteiger partial charge in [0.05, 0.1) is 12.0 Å². The van der Waals surface area contributed by atoms with Crippen LogP contribution in [0.15, 0.2) is 0 Å². The molecule has 0 radical (unpaired) electrons. The lowest BCUT2D eigenvalue weighted by Crippen LogP contribution is -2.37. The summed E-state index contributed by atoms with van der Waals surface area (Å²) in [4.78, 5) is 11.0. The van der Waals surface area contributed by atoms with Crippen molar-refractivity contribution in [1.29, 1.82) is 0 Å². The van der Waals surface area contributed by atoms with E-state index < -0.39 is 5.60 Å². The summed E-state index contributed by atoms with van der Waals surface area (Å²) in [5, 5.41) is 12.5.